The van der Waals surface area contributed by atoms with Gasteiger partial charge in [-0.1, -0.05) is 31.7 Å². The average Bonchev–Trinajstić information content (AvgIpc) is 2.77. The van der Waals surface area contributed by atoms with Crippen LogP contribution in [-0.4, -0.2) is 39.0 Å². The Morgan fingerprint density at radius 1 is 1.45 bits per heavy atom. The van der Waals surface area contributed by atoms with Crippen molar-refractivity contribution in [2.24, 2.45) is 0 Å². The molecule has 5 heteroatoms. The van der Waals surface area contributed by atoms with Gasteiger partial charge < -0.3 is 15.4 Å². The number of hydrogen-bond acceptors (Lipinski definition) is 4. The summed E-state index contributed by atoms with van der Waals surface area (Å²) in [5, 5.41) is 13.9. The van der Waals surface area contributed by atoms with Crippen LogP contribution in [0.5, 0.6) is 0 Å². The molecule has 1 aromatic heterocycles. The van der Waals surface area contributed by atoms with Gasteiger partial charge in [0, 0.05) is 17.3 Å². The molecule has 0 radical (unpaired) electrons. The van der Waals surface area contributed by atoms with Crippen molar-refractivity contribution in [2.45, 2.75) is 44.4 Å². The van der Waals surface area contributed by atoms with Gasteiger partial charge in [0.2, 0.25) is 0 Å². The molecule has 1 atom stereocenters. The van der Waals surface area contributed by atoms with Crippen molar-refractivity contribution in [1.82, 2.24) is 15.3 Å². The maximum absolute atomic E-state index is 9.58. The highest BCUT2D eigenvalue weighted by Crippen LogP contribution is 2.23. The molecule has 0 aliphatic carbocycles. The molecule has 3 N–H and O–H groups in total. The third kappa shape index (κ3) is 3.75. The van der Waals surface area contributed by atoms with E-state index in [1.54, 1.807) is 11.8 Å². The number of hydrogen-bond donors (Lipinski definition) is 3. The van der Waals surface area contributed by atoms with Crippen molar-refractivity contribution in [1.29, 1.82) is 0 Å². The molecule has 0 bridgehead atoms. The van der Waals surface area contributed by atoms with E-state index >= 15 is 0 Å². The van der Waals surface area contributed by atoms with Crippen LogP contribution >= 0.6 is 11.8 Å². The zero-order valence-electron chi connectivity index (χ0n) is 12.5. The zero-order chi connectivity index (χ0) is 14.8. The predicted octanol–water partition coefficient (Wildman–Crippen LogP) is 2.71. The largest absolute Gasteiger partial charge is 0.394 e. The minimum absolute atomic E-state index is 0.109. The summed E-state index contributed by atoms with van der Waals surface area (Å²) in [6, 6.07) is 6.54. The number of rotatable bonds is 6. The molecule has 2 aromatic rings. The van der Waals surface area contributed by atoms with Crippen LogP contribution in [0.1, 0.15) is 26.3 Å². The van der Waals surface area contributed by atoms with Crippen LogP contribution < -0.4 is 5.32 Å². The van der Waals surface area contributed by atoms with Crippen molar-refractivity contribution >= 4 is 22.8 Å². The van der Waals surface area contributed by atoms with Gasteiger partial charge in [0.1, 0.15) is 0 Å². The Kier molecular flexibility index (Phi) is 4.73. The summed E-state index contributed by atoms with van der Waals surface area (Å²) in [7, 11) is 0. The lowest BCUT2D eigenvalue weighted by molar-refractivity contribution is 0.183. The van der Waals surface area contributed by atoms with E-state index in [9.17, 15) is 5.11 Å². The predicted molar refractivity (Wildman–Crippen MR) is 85.3 cm³/mol. The summed E-state index contributed by atoms with van der Waals surface area (Å²) in [6.45, 7) is 8.39. The number of aliphatic hydroxyl groups is 1. The number of aromatic nitrogens is 2. The SMILES string of the molecule is Cc1ccc2nc(SCC(C)(CO)NC(C)C)[nH]c2c1. The third-order valence-corrected chi connectivity index (χ3v) is 4.38. The number of thioether (sulfide) groups is 1. The molecule has 0 aliphatic heterocycles. The highest BCUT2D eigenvalue weighted by molar-refractivity contribution is 7.99. The van der Waals surface area contributed by atoms with Crippen molar-refractivity contribution in [3.05, 3.63) is 23.8 Å². The van der Waals surface area contributed by atoms with Gasteiger partial charge in [-0.2, -0.15) is 0 Å². The number of aromatic amines is 1. The molecule has 1 aromatic carbocycles. The van der Waals surface area contributed by atoms with E-state index < -0.39 is 0 Å². The fourth-order valence-corrected chi connectivity index (χ4v) is 3.20. The molecule has 4 nitrogen and oxygen atoms in total. The van der Waals surface area contributed by atoms with Crippen LogP contribution in [-0.2, 0) is 0 Å². The first kappa shape index (κ1) is 15.4. The number of imidazole rings is 1. The summed E-state index contributed by atoms with van der Waals surface area (Å²) in [5.74, 6) is 0.764. The lowest BCUT2D eigenvalue weighted by Crippen LogP contribution is -2.51. The van der Waals surface area contributed by atoms with Crippen LogP contribution in [0.3, 0.4) is 0 Å². The molecule has 0 amide bonds. The standard InChI is InChI=1S/C15H23N3OS/c1-10(2)18-15(4,8-19)9-20-14-16-12-6-5-11(3)7-13(12)17-14/h5-7,10,18-19H,8-9H2,1-4H3,(H,16,17). The highest BCUT2D eigenvalue weighted by Gasteiger charge is 2.24. The Hall–Kier alpha value is -1.04. The Labute approximate surface area is 124 Å². The Morgan fingerprint density at radius 2 is 2.20 bits per heavy atom. The first-order chi connectivity index (χ1) is 9.42. The van der Waals surface area contributed by atoms with Crippen molar-refractivity contribution in [3.8, 4) is 0 Å². The number of nitrogens with one attached hydrogen (secondary N) is 2. The third-order valence-electron chi connectivity index (χ3n) is 3.13. The van der Waals surface area contributed by atoms with E-state index in [1.165, 1.54) is 5.56 Å². The molecule has 0 saturated carbocycles. The number of H-pyrrole nitrogens is 1. The van der Waals surface area contributed by atoms with Gasteiger partial charge >= 0.3 is 0 Å². The molecular weight excluding hydrogens is 270 g/mol. The second-order valence-corrected chi connectivity index (χ2v) is 6.83. The molecule has 2 rings (SSSR count). The molecule has 0 fully saturated rings. The maximum Gasteiger partial charge on any atom is 0.166 e. The zero-order valence-corrected chi connectivity index (χ0v) is 13.3. The molecule has 0 spiro atoms. The van der Waals surface area contributed by atoms with Crippen molar-refractivity contribution in [3.63, 3.8) is 0 Å². The van der Waals surface area contributed by atoms with Gasteiger partial charge in [-0.3, -0.25) is 0 Å². The van der Waals surface area contributed by atoms with Gasteiger partial charge in [0.25, 0.3) is 0 Å². The number of aliphatic hydroxyl groups excluding tert-OH is 1. The average molecular weight is 293 g/mol. The van der Waals surface area contributed by atoms with E-state index in [-0.39, 0.29) is 12.1 Å². The van der Waals surface area contributed by atoms with E-state index in [0.717, 1.165) is 21.9 Å². The molecule has 1 unspecified atom stereocenters. The molecule has 1 heterocycles. The number of fused-ring (bicyclic) bond motifs is 1. The van der Waals surface area contributed by atoms with E-state index in [4.69, 9.17) is 0 Å². The Bertz CT molecular complexity index is 582. The Balaban J connectivity index is 2.08. The minimum atomic E-state index is -0.298. The molecule has 0 saturated heterocycles. The second-order valence-electron chi connectivity index (χ2n) is 5.87. The van der Waals surface area contributed by atoms with Gasteiger partial charge in [0.05, 0.1) is 17.6 Å². The molecule has 0 aliphatic rings. The van der Waals surface area contributed by atoms with Gasteiger partial charge in [-0.25, -0.2) is 4.98 Å². The molecule has 20 heavy (non-hydrogen) atoms. The fourth-order valence-electron chi connectivity index (χ4n) is 2.23. The van der Waals surface area contributed by atoms with Crippen molar-refractivity contribution < 1.29 is 5.11 Å². The van der Waals surface area contributed by atoms with E-state index in [0.29, 0.717) is 6.04 Å². The highest BCUT2D eigenvalue weighted by atomic mass is 32.2. The normalized spacial score (nSPS) is 14.9. The van der Waals surface area contributed by atoms with Crippen LogP contribution in [0.2, 0.25) is 0 Å². The maximum atomic E-state index is 9.58. The smallest absolute Gasteiger partial charge is 0.166 e. The molecule has 110 valence electrons. The van der Waals surface area contributed by atoms with Gasteiger partial charge in [0.15, 0.2) is 5.16 Å². The van der Waals surface area contributed by atoms with Crippen LogP contribution in [0.4, 0.5) is 0 Å². The monoisotopic (exact) mass is 293 g/mol. The summed E-state index contributed by atoms with van der Waals surface area (Å²) >= 11 is 1.64. The lowest BCUT2D eigenvalue weighted by atomic mass is 10.1. The van der Waals surface area contributed by atoms with E-state index in [1.807, 2.05) is 13.0 Å². The van der Waals surface area contributed by atoms with Crippen LogP contribution in [0, 0.1) is 6.92 Å². The van der Waals surface area contributed by atoms with Crippen LogP contribution in [0.25, 0.3) is 11.0 Å². The summed E-state index contributed by atoms with van der Waals surface area (Å²) in [4.78, 5) is 7.90. The van der Waals surface area contributed by atoms with E-state index in [2.05, 4.69) is 48.2 Å². The number of nitrogens with zero attached hydrogens (tertiary/aromatic N) is 1. The number of aryl methyl sites for hydroxylation is 1. The summed E-state index contributed by atoms with van der Waals surface area (Å²) < 4.78 is 0. The van der Waals surface area contributed by atoms with Crippen molar-refractivity contribution in [2.75, 3.05) is 12.4 Å². The molecular formula is C15H23N3OS. The number of benzene rings is 1. The van der Waals surface area contributed by atoms with Crippen LogP contribution in [0.15, 0.2) is 23.4 Å². The Morgan fingerprint density at radius 3 is 2.85 bits per heavy atom. The minimum Gasteiger partial charge on any atom is -0.394 e. The first-order valence-corrected chi connectivity index (χ1v) is 7.88. The van der Waals surface area contributed by atoms with Gasteiger partial charge in [-0.15, -0.1) is 0 Å². The second kappa shape index (κ2) is 6.16. The fraction of sp³-hybridized carbons (Fsp3) is 0.533. The first-order valence-electron chi connectivity index (χ1n) is 6.89. The summed E-state index contributed by atoms with van der Waals surface area (Å²) in [5.41, 5.74) is 2.98. The summed E-state index contributed by atoms with van der Waals surface area (Å²) in [6.07, 6.45) is 0. The lowest BCUT2D eigenvalue weighted by Gasteiger charge is -2.30. The quantitative estimate of drug-likeness (QED) is 0.717. The van der Waals surface area contributed by atoms with Gasteiger partial charge in [-0.05, 0) is 31.5 Å². The topological polar surface area (TPSA) is 60.9 Å².